The highest BCUT2D eigenvalue weighted by Gasteiger charge is 1.93. The number of carboxylic acid groups (broad SMARTS) is 1. The van der Waals surface area contributed by atoms with Gasteiger partial charge in [0.1, 0.15) is 5.03 Å². The van der Waals surface area contributed by atoms with Gasteiger partial charge in [-0.1, -0.05) is 18.2 Å². The van der Waals surface area contributed by atoms with Crippen LogP contribution in [-0.2, 0) is 4.79 Å². The van der Waals surface area contributed by atoms with E-state index in [-0.39, 0.29) is 17.4 Å². The highest BCUT2D eigenvalue weighted by Crippen LogP contribution is 1.92. The molecule has 42 valence electrons. The minimum atomic E-state index is -1.17. The second kappa shape index (κ2) is 3.96. The van der Waals surface area contributed by atoms with Gasteiger partial charge in [-0.3, -0.25) is 0 Å². The van der Waals surface area contributed by atoms with Crippen molar-refractivity contribution in [3.05, 3.63) is 11.6 Å². The topological polar surface area (TPSA) is 37.3 Å². The SMILES string of the molecule is C=C(Cl)C(=O)O.[Cl-]. The summed E-state index contributed by atoms with van der Waals surface area (Å²) < 4.78 is 0. The molecule has 7 heavy (non-hydrogen) atoms. The van der Waals surface area contributed by atoms with Crippen LogP contribution >= 0.6 is 11.6 Å². The van der Waals surface area contributed by atoms with Crippen LogP contribution in [0.15, 0.2) is 11.6 Å². The Morgan fingerprint density at radius 2 is 1.86 bits per heavy atom. The Morgan fingerprint density at radius 3 is 1.86 bits per heavy atom. The van der Waals surface area contributed by atoms with Gasteiger partial charge in [-0.15, -0.1) is 0 Å². The number of hydrogen-bond donors (Lipinski definition) is 1. The van der Waals surface area contributed by atoms with Crippen LogP contribution in [0.1, 0.15) is 0 Å². The van der Waals surface area contributed by atoms with E-state index >= 15 is 0 Å². The zero-order valence-electron chi connectivity index (χ0n) is 3.32. The van der Waals surface area contributed by atoms with Gasteiger partial charge in [0.2, 0.25) is 0 Å². The second-order valence-corrected chi connectivity index (χ2v) is 1.17. The number of aliphatic carboxylic acids is 1. The molecule has 0 fully saturated rings. The highest BCUT2D eigenvalue weighted by molar-refractivity contribution is 6.40. The zero-order valence-corrected chi connectivity index (χ0v) is 4.83. The summed E-state index contributed by atoms with van der Waals surface area (Å²) in [6.07, 6.45) is 0. The lowest BCUT2D eigenvalue weighted by Gasteiger charge is -1.76. The van der Waals surface area contributed by atoms with E-state index in [1.54, 1.807) is 0 Å². The van der Waals surface area contributed by atoms with Crippen LogP contribution in [0, 0.1) is 0 Å². The van der Waals surface area contributed by atoms with E-state index in [0.29, 0.717) is 0 Å². The lowest BCUT2D eigenvalue weighted by molar-refractivity contribution is -0.131. The number of carboxylic acids is 1. The van der Waals surface area contributed by atoms with Gasteiger partial charge < -0.3 is 17.5 Å². The Hall–Kier alpha value is -0.210. The molecule has 4 heteroatoms. The van der Waals surface area contributed by atoms with Gasteiger partial charge in [0.05, 0.1) is 0 Å². The van der Waals surface area contributed by atoms with Gasteiger partial charge in [-0.25, -0.2) is 4.79 Å². The van der Waals surface area contributed by atoms with E-state index in [0.717, 1.165) is 0 Å². The maximum atomic E-state index is 9.47. The number of rotatable bonds is 1. The molecule has 0 spiro atoms. The molecule has 1 N–H and O–H groups in total. The molecule has 0 unspecified atom stereocenters. The predicted molar refractivity (Wildman–Crippen MR) is 22.6 cm³/mol. The minimum Gasteiger partial charge on any atom is -1.00 e. The van der Waals surface area contributed by atoms with Crippen LogP contribution in [0.5, 0.6) is 0 Å². The van der Waals surface area contributed by atoms with E-state index < -0.39 is 5.97 Å². The lowest BCUT2D eigenvalue weighted by Crippen LogP contribution is -3.00. The van der Waals surface area contributed by atoms with E-state index in [1.807, 2.05) is 0 Å². The van der Waals surface area contributed by atoms with Gasteiger partial charge >= 0.3 is 5.97 Å². The fraction of sp³-hybridized carbons (Fsp3) is 0. The first-order chi connectivity index (χ1) is 2.64. The summed E-state index contributed by atoms with van der Waals surface area (Å²) in [6, 6.07) is 0. The molecular weight excluding hydrogens is 139 g/mol. The fourth-order valence-electron chi connectivity index (χ4n) is 0. The smallest absolute Gasteiger partial charge is 0.346 e. The Labute approximate surface area is 52.2 Å². The Kier molecular flexibility index (Phi) is 5.62. The predicted octanol–water partition coefficient (Wildman–Crippen LogP) is -2.17. The van der Waals surface area contributed by atoms with Gasteiger partial charge in [0.15, 0.2) is 0 Å². The minimum absolute atomic E-state index is 0. The molecule has 0 radical (unpaired) electrons. The van der Waals surface area contributed by atoms with Crippen molar-refractivity contribution < 1.29 is 22.3 Å². The summed E-state index contributed by atoms with van der Waals surface area (Å²) >= 11 is 4.82. The van der Waals surface area contributed by atoms with E-state index in [4.69, 9.17) is 16.7 Å². The van der Waals surface area contributed by atoms with E-state index in [9.17, 15) is 4.79 Å². The molecule has 0 amide bonds. The zero-order chi connectivity index (χ0) is 5.15. The number of halogens is 2. The van der Waals surface area contributed by atoms with Crippen LogP contribution in [0.25, 0.3) is 0 Å². The summed E-state index contributed by atoms with van der Waals surface area (Å²) in [6.45, 7) is 2.92. The molecule has 0 bridgehead atoms. The number of carbonyl (C=O) groups is 1. The summed E-state index contributed by atoms with van der Waals surface area (Å²) in [7, 11) is 0. The largest absolute Gasteiger partial charge is 1.00 e. The molecule has 0 aromatic carbocycles. The van der Waals surface area contributed by atoms with Crippen LogP contribution in [0.4, 0.5) is 0 Å². The summed E-state index contributed by atoms with van der Waals surface area (Å²) in [5.41, 5.74) is 0. The first-order valence-corrected chi connectivity index (χ1v) is 1.60. The molecule has 0 aromatic heterocycles. The fourth-order valence-corrected chi connectivity index (χ4v) is 0. The standard InChI is InChI=1S/C3H3ClO2.ClH/c1-2(4)3(5)6;/h1H2,(H,5,6);1H/p-1. The highest BCUT2D eigenvalue weighted by atomic mass is 35.5. The van der Waals surface area contributed by atoms with Crippen molar-refractivity contribution in [1.82, 2.24) is 0 Å². The lowest BCUT2D eigenvalue weighted by atomic mass is 10.7. The summed E-state index contributed by atoms with van der Waals surface area (Å²) in [5, 5.41) is 7.41. The van der Waals surface area contributed by atoms with Gasteiger partial charge in [-0.05, 0) is 0 Å². The van der Waals surface area contributed by atoms with Crippen molar-refractivity contribution in [2.45, 2.75) is 0 Å². The van der Waals surface area contributed by atoms with Crippen molar-refractivity contribution in [3.8, 4) is 0 Å². The Morgan fingerprint density at radius 1 is 1.71 bits per heavy atom. The monoisotopic (exact) mass is 141 g/mol. The first kappa shape index (κ1) is 9.92. The summed E-state index contributed by atoms with van der Waals surface area (Å²) in [4.78, 5) is 9.47. The maximum Gasteiger partial charge on any atom is 0.346 e. The second-order valence-electron chi connectivity index (χ2n) is 0.710. The van der Waals surface area contributed by atoms with Gasteiger partial charge in [0.25, 0.3) is 0 Å². The molecule has 0 saturated carbocycles. The molecule has 0 aliphatic carbocycles. The van der Waals surface area contributed by atoms with Crippen LogP contribution in [0.3, 0.4) is 0 Å². The van der Waals surface area contributed by atoms with E-state index in [1.165, 1.54) is 0 Å². The van der Waals surface area contributed by atoms with Gasteiger partial charge in [0, 0.05) is 0 Å². The van der Waals surface area contributed by atoms with Gasteiger partial charge in [-0.2, -0.15) is 0 Å². The van der Waals surface area contributed by atoms with Crippen molar-refractivity contribution >= 4 is 17.6 Å². The molecule has 0 aliphatic heterocycles. The molecule has 0 aliphatic rings. The molecule has 0 heterocycles. The normalized spacial score (nSPS) is 6.43. The molecular formula is C3H3Cl2O2-. The first-order valence-electron chi connectivity index (χ1n) is 1.22. The molecule has 0 atom stereocenters. The third-order valence-corrected chi connectivity index (χ3v) is 0.394. The molecule has 2 nitrogen and oxygen atoms in total. The molecule has 0 rings (SSSR count). The van der Waals surface area contributed by atoms with E-state index in [2.05, 4.69) is 6.58 Å². The molecule has 0 saturated heterocycles. The average Bonchev–Trinajstić information content (AvgIpc) is 1.36. The van der Waals surface area contributed by atoms with Crippen LogP contribution in [0.2, 0.25) is 0 Å². The van der Waals surface area contributed by atoms with Crippen molar-refractivity contribution in [2.24, 2.45) is 0 Å². The molecule has 0 aromatic rings. The Bertz CT molecular complexity index is 76.9. The maximum absolute atomic E-state index is 9.47. The van der Waals surface area contributed by atoms with Crippen LogP contribution < -0.4 is 12.4 Å². The van der Waals surface area contributed by atoms with Crippen molar-refractivity contribution in [2.75, 3.05) is 0 Å². The number of hydrogen-bond acceptors (Lipinski definition) is 1. The summed E-state index contributed by atoms with van der Waals surface area (Å²) in [5.74, 6) is -1.17. The van der Waals surface area contributed by atoms with Crippen molar-refractivity contribution in [1.29, 1.82) is 0 Å². The van der Waals surface area contributed by atoms with Crippen molar-refractivity contribution in [3.63, 3.8) is 0 Å². The third kappa shape index (κ3) is 5.79. The Balaban J connectivity index is 0. The third-order valence-electron chi connectivity index (χ3n) is 0.232. The quantitative estimate of drug-likeness (QED) is 0.423. The average molecular weight is 142 g/mol. The van der Waals surface area contributed by atoms with Crippen LogP contribution in [-0.4, -0.2) is 11.1 Å².